The van der Waals surface area contributed by atoms with Crippen LogP contribution in [-0.4, -0.2) is 41.8 Å². The van der Waals surface area contributed by atoms with Gasteiger partial charge in [0.25, 0.3) is 0 Å². The van der Waals surface area contributed by atoms with Crippen molar-refractivity contribution < 1.29 is 18.7 Å². The number of anilines is 1. The summed E-state index contributed by atoms with van der Waals surface area (Å²) in [5.41, 5.74) is 1.75. The quantitative estimate of drug-likeness (QED) is 0.458. The number of rotatable bonds is 6. The van der Waals surface area contributed by atoms with Crippen LogP contribution in [0.3, 0.4) is 0 Å². The number of methoxy groups -OCH3 is 1. The van der Waals surface area contributed by atoms with Crippen molar-refractivity contribution in [2.45, 2.75) is 25.5 Å². The van der Waals surface area contributed by atoms with E-state index < -0.39 is 5.76 Å². The SMILES string of the molecule is COc1cccc2sc(N(CC3CCCO3)C(=O)Cn3c(=O)oc4ccccc43)nc12. The molecule has 160 valence electrons. The van der Waals surface area contributed by atoms with Crippen LogP contribution in [-0.2, 0) is 16.1 Å². The summed E-state index contributed by atoms with van der Waals surface area (Å²) in [6.07, 6.45) is 1.79. The van der Waals surface area contributed by atoms with Gasteiger partial charge in [0.15, 0.2) is 10.7 Å². The van der Waals surface area contributed by atoms with Crippen LogP contribution in [0.1, 0.15) is 12.8 Å². The van der Waals surface area contributed by atoms with Crippen molar-refractivity contribution in [3.05, 3.63) is 53.0 Å². The van der Waals surface area contributed by atoms with E-state index in [1.165, 1.54) is 15.9 Å². The second-order valence-electron chi connectivity index (χ2n) is 7.36. The van der Waals surface area contributed by atoms with Crippen LogP contribution in [0, 0.1) is 0 Å². The van der Waals surface area contributed by atoms with E-state index in [-0.39, 0.29) is 18.6 Å². The van der Waals surface area contributed by atoms with Crippen molar-refractivity contribution in [1.82, 2.24) is 9.55 Å². The van der Waals surface area contributed by atoms with Crippen molar-refractivity contribution in [2.24, 2.45) is 0 Å². The lowest BCUT2D eigenvalue weighted by Crippen LogP contribution is -2.40. The summed E-state index contributed by atoms with van der Waals surface area (Å²) in [5.74, 6) is -0.152. The van der Waals surface area contributed by atoms with Crippen LogP contribution in [0.4, 0.5) is 5.13 Å². The number of hydrogen-bond acceptors (Lipinski definition) is 7. The maximum absolute atomic E-state index is 13.4. The van der Waals surface area contributed by atoms with E-state index in [2.05, 4.69) is 0 Å². The van der Waals surface area contributed by atoms with E-state index in [0.29, 0.717) is 40.6 Å². The molecule has 1 aliphatic heterocycles. The molecule has 0 bridgehead atoms. The number of thiazole rings is 1. The third kappa shape index (κ3) is 3.70. The molecule has 0 N–H and O–H groups in total. The maximum Gasteiger partial charge on any atom is 0.420 e. The Balaban J connectivity index is 1.52. The summed E-state index contributed by atoms with van der Waals surface area (Å²) in [5, 5.41) is 0.556. The number of aromatic nitrogens is 2. The van der Waals surface area contributed by atoms with Crippen molar-refractivity contribution in [3.8, 4) is 5.75 Å². The molecule has 0 aliphatic carbocycles. The number of fused-ring (bicyclic) bond motifs is 2. The Hall–Kier alpha value is -3.17. The van der Waals surface area contributed by atoms with Crippen LogP contribution in [0.15, 0.2) is 51.7 Å². The largest absolute Gasteiger partial charge is 0.494 e. The molecule has 31 heavy (non-hydrogen) atoms. The van der Waals surface area contributed by atoms with Crippen LogP contribution < -0.4 is 15.4 Å². The van der Waals surface area contributed by atoms with E-state index in [1.54, 1.807) is 30.2 Å². The highest BCUT2D eigenvalue weighted by Gasteiger charge is 2.27. The van der Waals surface area contributed by atoms with E-state index in [4.69, 9.17) is 18.9 Å². The first kappa shape index (κ1) is 19.8. The third-order valence-electron chi connectivity index (χ3n) is 5.40. The van der Waals surface area contributed by atoms with Gasteiger partial charge in [0.1, 0.15) is 17.8 Å². The molecule has 1 aliphatic rings. The van der Waals surface area contributed by atoms with Gasteiger partial charge in [-0.3, -0.25) is 14.3 Å². The molecule has 2 aromatic carbocycles. The predicted octanol–water partition coefficient (Wildman–Crippen LogP) is 3.43. The van der Waals surface area contributed by atoms with Crippen LogP contribution in [0.25, 0.3) is 21.3 Å². The summed E-state index contributed by atoms with van der Waals surface area (Å²) >= 11 is 1.41. The Morgan fingerprint density at radius 2 is 2.16 bits per heavy atom. The fourth-order valence-electron chi connectivity index (χ4n) is 3.85. The molecule has 2 aromatic heterocycles. The number of para-hydroxylation sites is 3. The molecular formula is C22H21N3O5S. The number of amides is 1. The van der Waals surface area contributed by atoms with Gasteiger partial charge in [-0.2, -0.15) is 0 Å². The average Bonchev–Trinajstić information content (AvgIpc) is 3.51. The fraction of sp³-hybridized carbons (Fsp3) is 0.318. The van der Waals surface area contributed by atoms with Gasteiger partial charge in [-0.1, -0.05) is 29.5 Å². The molecule has 1 atom stereocenters. The van der Waals surface area contributed by atoms with Crippen LogP contribution in [0.2, 0.25) is 0 Å². The van der Waals surface area contributed by atoms with Crippen molar-refractivity contribution in [3.63, 3.8) is 0 Å². The predicted molar refractivity (Wildman–Crippen MR) is 118 cm³/mol. The molecule has 1 amide bonds. The molecule has 1 saturated heterocycles. The lowest BCUT2D eigenvalue weighted by Gasteiger charge is -2.23. The number of benzene rings is 2. The van der Waals surface area contributed by atoms with E-state index in [1.807, 2.05) is 24.3 Å². The van der Waals surface area contributed by atoms with Gasteiger partial charge in [0, 0.05) is 6.61 Å². The first-order chi connectivity index (χ1) is 15.1. The molecule has 1 fully saturated rings. The Morgan fingerprint density at radius 3 is 2.97 bits per heavy atom. The summed E-state index contributed by atoms with van der Waals surface area (Å²) in [7, 11) is 1.60. The molecule has 5 rings (SSSR count). The Morgan fingerprint density at radius 1 is 1.29 bits per heavy atom. The Kier molecular flexibility index (Phi) is 5.21. The highest BCUT2D eigenvalue weighted by atomic mass is 32.1. The summed E-state index contributed by atoms with van der Waals surface area (Å²) < 4.78 is 18.8. The molecule has 4 aromatic rings. The van der Waals surface area contributed by atoms with Crippen molar-refractivity contribution >= 4 is 43.7 Å². The van der Waals surface area contributed by atoms with Gasteiger partial charge in [0.2, 0.25) is 5.91 Å². The number of nitrogens with zero attached hydrogens (tertiary/aromatic N) is 3. The number of oxazole rings is 1. The lowest BCUT2D eigenvalue weighted by molar-refractivity contribution is -0.119. The molecular weight excluding hydrogens is 418 g/mol. The van der Waals surface area contributed by atoms with E-state index in [9.17, 15) is 9.59 Å². The molecule has 0 saturated carbocycles. The molecule has 8 nitrogen and oxygen atoms in total. The van der Waals surface area contributed by atoms with Gasteiger partial charge in [0.05, 0.1) is 30.0 Å². The Bertz CT molecular complexity index is 1300. The minimum absolute atomic E-state index is 0.0596. The number of carbonyl (C=O) groups is 1. The molecule has 0 radical (unpaired) electrons. The highest BCUT2D eigenvalue weighted by Crippen LogP contribution is 2.34. The zero-order valence-electron chi connectivity index (χ0n) is 16.9. The number of ether oxygens (including phenoxy) is 2. The summed E-state index contributed by atoms with van der Waals surface area (Å²) in [6, 6.07) is 12.8. The summed E-state index contributed by atoms with van der Waals surface area (Å²) in [6.45, 7) is 0.924. The number of hydrogen-bond donors (Lipinski definition) is 0. The summed E-state index contributed by atoms with van der Waals surface area (Å²) in [4.78, 5) is 32.1. The second kappa shape index (κ2) is 8.16. The standard InChI is InChI=1S/C22H21N3O5S/c1-28-17-9-4-10-18-20(17)23-21(31-18)25(12-14-6-5-11-29-14)19(26)13-24-15-7-2-3-8-16(15)30-22(24)27/h2-4,7-10,14H,5-6,11-13H2,1H3. The highest BCUT2D eigenvalue weighted by molar-refractivity contribution is 7.22. The first-order valence-electron chi connectivity index (χ1n) is 10.1. The monoisotopic (exact) mass is 439 g/mol. The van der Waals surface area contributed by atoms with Gasteiger partial charge in [-0.15, -0.1) is 0 Å². The molecule has 0 spiro atoms. The maximum atomic E-state index is 13.4. The topological polar surface area (TPSA) is 86.8 Å². The fourth-order valence-corrected chi connectivity index (χ4v) is 4.86. The minimum Gasteiger partial charge on any atom is -0.494 e. The van der Waals surface area contributed by atoms with Crippen LogP contribution in [0.5, 0.6) is 5.75 Å². The minimum atomic E-state index is -0.558. The normalized spacial score (nSPS) is 16.2. The molecule has 3 heterocycles. The van der Waals surface area contributed by atoms with Crippen molar-refractivity contribution in [2.75, 3.05) is 25.2 Å². The van der Waals surface area contributed by atoms with Gasteiger partial charge in [-0.05, 0) is 37.1 Å². The average molecular weight is 439 g/mol. The zero-order chi connectivity index (χ0) is 21.4. The van der Waals surface area contributed by atoms with Crippen molar-refractivity contribution in [1.29, 1.82) is 0 Å². The first-order valence-corrected chi connectivity index (χ1v) is 10.9. The lowest BCUT2D eigenvalue weighted by atomic mass is 10.2. The third-order valence-corrected chi connectivity index (χ3v) is 6.44. The van der Waals surface area contributed by atoms with E-state index >= 15 is 0 Å². The number of carbonyl (C=O) groups excluding carboxylic acids is 1. The molecule has 1 unspecified atom stereocenters. The zero-order valence-corrected chi connectivity index (χ0v) is 17.8. The van der Waals surface area contributed by atoms with Gasteiger partial charge in [-0.25, -0.2) is 9.78 Å². The van der Waals surface area contributed by atoms with E-state index in [0.717, 1.165) is 17.5 Å². The van der Waals surface area contributed by atoms with Gasteiger partial charge >= 0.3 is 5.76 Å². The second-order valence-corrected chi connectivity index (χ2v) is 8.37. The van der Waals surface area contributed by atoms with Crippen LogP contribution >= 0.6 is 11.3 Å². The molecule has 9 heteroatoms. The Labute approximate surface area is 181 Å². The smallest absolute Gasteiger partial charge is 0.420 e. The van der Waals surface area contributed by atoms with Gasteiger partial charge < -0.3 is 13.9 Å².